The third-order valence-corrected chi connectivity index (χ3v) is 5.78. The second kappa shape index (κ2) is 9.11. The van der Waals surface area contributed by atoms with E-state index >= 15 is 0 Å². The predicted octanol–water partition coefficient (Wildman–Crippen LogP) is 4.35. The van der Waals surface area contributed by atoms with Gasteiger partial charge in [0.15, 0.2) is 0 Å². The number of benzene rings is 2. The molecule has 2 aromatic heterocycles. The molecule has 0 saturated carbocycles. The SMILES string of the molecule is COCCn1c(-c2nc(C(=O)NCc3ccccc3OC)cs2)cc2ccccc21. The standard InChI is InChI=1S/C23H23N3O3S/c1-28-12-11-26-19-9-5-3-7-16(19)13-20(26)23-25-18(15-30-23)22(27)24-14-17-8-4-6-10-21(17)29-2/h3-10,13,15H,11-12,14H2,1-2H3,(H,24,27). The van der Waals surface area contributed by atoms with Gasteiger partial charge in [-0.2, -0.15) is 0 Å². The molecule has 1 amide bonds. The Morgan fingerprint density at radius 1 is 1.13 bits per heavy atom. The van der Waals surface area contributed by atoms with Crippen molar-refractivity contribution >= 4 is 28.1 Å². The molecule has 0 radical (unpaired) electrons. The molecule has 6 nitrogen and oxygen atoms in total. The average Bonchev–Trinajstić information content (AvgIpc) is 3.41. The van der Waals surface area contributed by atoms with Gasteiger partial charge in [0, 0.05) is 42.0 Å². The van der Waals surface area contributed by atoms with Crippen LogP contribution >= 0.6 is 11.3 Å². The van der Waals surface area contributed by atoms with E-state index in [-0.39, 0.29) is 5.91 Å². The van der Waals surface area contributed by atoms with Crippen LogP contribution in [-0.4, -0.2) is 36.3 Å². The van der Waals surface area contributed by atoms with Crippen molar-refractivity contribution in [2.24, 2.45) is 0 Å². The maximum absolute atomic E-state index is 12.7. The van der Waals surface area contributed by atoms with Gasteiger partial charge in [0.1, 0.15) is 16.5 Å². The smallest absolute Gasteiger partial charge is 0.271 e. The van der Waals surface area contributed by atoms with Crippen molar-refractivity contribution in [1.82, 2.24) is 14.9 Å². The lowest BCUT2D eigenvalue weighted by molar-refractivity contribution is 0.0946. The molecule has 0 saturated heterocycles. The van der Waals surface area contributed by atoms with Crippen LogP contribution in [0.3, 0.4) is 0 Å². The second-order valence-electron chi connectivity index (χ2n) is 6.77. The Morgan fingerprint density at radius 2 is 1.93 bits per heavy atom. The number of fused-ring (bicyclic) bond motifs is 1. The first-order chi connectivity index (χ1) is 14.7. The number of methoxy groups -OCH3 is 2. The van der Waals surface area contributed by atoms with Crippen LogP contribution in [0.1, 0.15) is 16.1 Å². The van der Waals surface area contributed by atoms with Gasteiger partial charge in [-0.15, -0.1) is 11.3 Å². The highest BCUT2D eigenvalue weighted by Crippen LogP contribution is 2.30. The van der Waals surface area contributed by atoms with Crippen LogP contribution in [0.15, 0.2) is 60.0 Å². The summed E-state index contributed by atoms with van der Waals surface area (Å²) in [5, 5.41) is 6.68. The highest BCUT2D eigenvalue weighted by atomic mass is 32.1. The minimum absolute atomic E-state index is 0.206. The first-order valence-electron chi connectivity index (χ1n) is 9.64. The number of para-hydroxylation sites is 2. The lowest BCUT2D eigenvalue weighted by Crippen LogP contribution is -2.23. The molecule has 0 spiro atoms. The van der Waals surface area contributed by atoms with Gasteiger partial charge in [-0.3, -0.25) is 4.79 Å². The second-order valence-corrected chi connectivity index (χ2v) is 7.62. The summed E-state index contributed by atoms with van der Waals surface area (Å²) in [6, 6.07) is 17.9. The summed E-state index contributed by atoms with van der Waals surface area (Å²) in [5.74, 6) is 0.544. The molecule has 2 heterocycles. The molecule has 154 valence electrons. The summed E-state index contributed by atoms with van der Waals surface area (Å²) < 4.78 is 12.8. The number of rotatable bonds is 8. The molecule has 0 aliphatic carbocycles. The van der Waals surface area contributed by atoms with Gasteiger partial charge in [-0.25, -0.2) is 4.98 Å². The number of hydrogen-bond acceptors (Lipinski definition) is 5. The minimum atomic E-state index is -0.206. The fourth-order valence-corrected chi connectivity index (χ4v) is 4.25. The third-order valence-electron chi connectivity index (χ3n) is 4.92. The van der Waals surface area contributed by atoms with Crippen molar-refractivity contribution < 1.29 is 14.3 Å². The largest absolute Gasteiger partial charge is 0.496 e. The molecule has 7 heteroatoms. The Labute approximate surface area is 179 Å². The number of nitrogens with zero attached hydrogens (tertiary/aromatic N) is 2. The summed E-state index contributed by atoms with van der Waals surface area (Å²) in [4.78, 5) is 17.3. The molecule has 0 aliphatic heterocycles. The summed E-state index contributed by atoms with van der Waals surface area (Å²) in [7, 11) is 3.31. The first-order valence-corrected chi connectivity index (χ1v) is 10.5. The summed E-state index contributed by atoms with van der Waals surface area (Å²) >= 11 is 1.46. The number of ether oxygens (including phenoxy) is 2. The summed E-state index contributed by atoms with van der Waals surface area (Å²) in [6.45, 7) is 1.70. The molecule has 0 atom stereocenters. The Morgan fingerprint density at radius 3 is 2.77 bits per heavy atom. The number of thiazole rings is 1. The van der Waals surface area contributed by atoms with Gasteiger partial charge in [0.2, 0.25) is 0 Å². The molecule has 0 unspecified atom stereocenters. The van der Waals surface area contributed by atoms with E-state index in [0.29, 0.717) is 25.4 Å². The fourth-order valence-electron chi connectivity index (χ4n) is 3.42. The Bertz CT molecular complexity index is 1170. The zero-order valence-corrected chi connectivity index (χ0v) is 17.7. The van der Waals surface area contributed by atoms with E-state index in [2.05, 4.69) is 33.1 Å². The van der Waals surface area contributed by atoms with Crippen molar-refractivity contribution in [2.45, 2.75) is 13.1 Å². The Kier molecular flexibility index (Phi) is 6.11. The van der Waals surface area contributed by atoms with Gasteiger partial charge in [0.05, 0.1) is 19.4 Å². The van der Waals surface area contributed by atoms with Gasteiger partial charge < -0.3 is 19.4 Å². The summed E-state index contributed by atoms with van der Waals surface area (Å²) in [5.41, 5.74) is 3.45. The quantitative estimate of drug-likeness (QED) is 0.459. The molecule has 2 aromatic carbocycles. The highest BCUT2D eigenvalue weighted by molar-refractivity contribution is 7.13. The molecule has 1 N–H and O–H groups in total. The monoisotopic (exact) mass is 421 g/mol. The number of nitrogens with one attached hydrogen (secondary N) is 1. The van der Waals surface area contributed by atoms with Gasteiger partial charge in [-0.05, 0) is 18.2 Å². The minimum Gasteiger partial charge on any atom is -0.496 e. The maximum atomic E-state index is 12.7. The van der Waals surface area contributed by atoms with E-state index in [0.717, 1.165) is 32.9 Å². The maximum Gasteiger partial charge on any atom is 0.271 e. The molecule has 30 heavy (non-hydrogen) atoms. The van der Waals surface area contributed by atoms with E-state index in [1.165, 1.54) is 11.3 Å². The number of amides is 1. The molecule has 4 aromatic rings. The van der Waals surface area contributed by atoms with Gasteiger partial charge in [0.25, 0.3) is 5.91 Å². The third kappa shape index (κ3) is 4.08. The van der Waals surface area contributed by atoms with Crippen molar-refractivity contribution in [1.29, 1.82) is 0 Å². The lowest BCUT2D eigenvalue weighted by Gasteiger charge is -2.09. The fraction of sp³-hybridized carbons (Fsp3) is 0.217. The van der Waals surface area contributed by atoms with E-state index in [1.54, 1.807) is 19.6 Å². The van der Waals surface area contributed by atoms with Crippen molar-refractivity contribution in [3.05, 3.63) is 71.2 Å². The van der Waals surface area contributed by atoms with Crippen LogP contribution in [-0.2, 0) is 17.8 Å². The van der Waals surface area contributed by atoms with E-state index in [1.807, 2.05) is 36.4 Å². The van der Waals surface area contributed by atoms with Crippen LogP contribution in [0.25, 0.3) is 21.6 Å². The first kappa shape index (κ1) is 20.1. The van der Waals surface area contributed by atoms with Crippen LogP contribution in [0.5, 0.6) is 5.75 Å². The molecular formula is C23H23N3O3S. The van der Waals surface area contributed by atoms with Gasteiger partial charge >= 0.3 is 0 Å². The number of aromatic nitrogens is 2. The van der Waals surface area contributed by atoms with Crippen LogP contribution < -0.4 is 10.1 Å². The zero-order chi connectivity index (χ0) is 20.9. The average molecular weight is 422 g/mol. The van der Waals surface area contributed by atoms with Crippen molar-refractivity contribution in [2.75, 3.05) is 20.8 Å². The molecule has 4 rings (SSSR count). The zero-order valence-electron chi connectivity index (χ0n) is 16.9. The van der Waals surface area contributed by atoms with E-state index in [4.69, 9.17) is 9.47 Å². The Hall–Kier alpha value is -3.16. The molecule has 0 fully saturated rings. The van der Waals surface area contributed by atoms with E-state index < -0.39 is 0 Å². The molecule has 0 bridgehead atoms. The lowest BCUT2D eigenvalue weighted by atomic mass is 10.2. The molecular weight excluding hydrogens is 398 g/mol. The normalized spacial score (nSPS) is 11.0. The van der Waals surface area contributed by atoms with Crippen LogP contribution in [0.2, 0.25) is 0 Å². The van der Waals surface area contributed by atoms with Crippen molar-refractivity contribution in [3.8, 4) is 16.5 Å². The van der Waals surface area contributed by atoms with Crippen LogP contribution in [0.4, 0.5) is 0 Å². The molecule has 0 aliphatic rings. The highest BCUT2D eigenvalue weighted by Gasteiger charge is 2.17. The van der Waals surface area contributed by atoms with Gasteiger partial charge in [-0.1, -0.05) is 36.4 Å². The number of carbonyl (C=O) groups is 1. The number of carbonyl (C=O) groups excluding carboxylic acids is 1. The van der Waals surface area contributed by atoms with Crippen molar-refractivity contribution in [3.63, 3.8) is 0 Å². The topological polar surface area (TPSA) is 65.4 Å². The Balaban J connectivity index is 1.56. The van der Waals surface area contributed by atoms with E-state index in [9.17, 15) is 4.79 Å². The predicted molar refractivity (Wildman–Crippen MR) is 119 cm³/mol. The van der Waals surface area contributed by atoms with Crippen LogP contribution in [0, 0.1) is 0 Å². The summed E-state index contributed by atoms with van der Waals surface area (Å²) in [6.07, 6.45) is 0. The number of hydrogen-bond donors (Lipinski definition) is 1.